The Bertz CT molecular complexity index is 315. The van der Waals surface area contributed by atoms with E-state index in [-0.39, 0.29) is 5.92 Å². The lowest BCUT2D eigenvalue weighted by Crippen LogP contribution is -2.01. The molecule has 0 aliphatic heterocycles. The van der Waals surface area contributed by atoms with Crippen molar-refractivity contribution in [1.29, 1.82) is 0 Å². The lowest BCUT2D eigenvalue weighted by molar-refractivity contribution is 0.449. The summed E-state index contributed by atoms with van der Waals surface area (Å²) >= 11 is 0. The standard InChI is InChI=1S/C11H20N2O/c1-6-8(4)10-11(14)9(7(2)3)12-13(10)5/h7-8,14H,6H2,1-5H3. The summed E-state index contributed by atoms with van der Waals surface area (Å²) in [5.74, 6) is 1.02. The molecular weight excluding hydrogens is 176 g/mol. The number of nitrogens with zero attached hydrogens (tertiary/aromatic N) is 2. The Morgan fingerprint density at radius 3 is 2.29 bits per heavy atom. The molecule has 0 saturated heterocycles. The van der Waals surface area contributed by atoms with Crippen molar-refractivity contribution in [3.63, 3.8) is 0 Å². The topological polar surface area (TPSA) is 38.1 Å². The molecule has 1 atom stereocenters. The van der Waals surface area contributed by atoms with Crippen molar-refractivity contribution in [1.82, 2.24) is 9.78 Å². The van der Waals surface area contributed by atoms with Crippen molar-refractivity contribution in [3.05, 3.63) is 11.4 Å². The van der Waals surface area contributed by atoms with Gasteiger partial charge in [0.15, 0.2) is 5.75 Å². The van der Waals surface area contributed by atoms with Crippen LogP contribution in [0.4, 0.5) is 0 Å². The van der Waals surface area contributed by atoms with E-state index >= 15 is 0 Å². The Hall–Kier alpha value is -0.990. The molecule has 0 aliphatic rings. The number of hydrogen-bond acceptors (Lipinski definition) is 2. The maximum atomic E-state index is 10.00. The van der Waals surface area contributed by atoms with Gasteiger partial charge in [-0.15, -0.1) is 0 Å². The first-order valence-corrected chi connectivity index (χ1v) is 5.24. The first-order chi connectivity index (χ1) is 6.49. The summed E-state index contributed by atoms with van der Waals surface area (Å²) in [5, 5.41) is 14.3. The van der Waals surface area contributed by atoms with Gasteiger partial charge in [-0.2, -0.15) is 5.10 Å². The van der Waals surface area contributed by atoms with Crippen LogP contribution >= 0.6 is 0 Å². The van der Waals surface area contributed by atoms with Gasteiger partial charge in [-0.1, -0.05) is 27.7 Å². The molecule has 0 bridgehead atoms. The highest BCUT2D eigenvalue weighted by molar-refractivity contribution is 5.36. The highest BCUT2D eigenvalue weighted by atomic mass is 16.3. The highest BCUT2D eigenvalue weighted by Gasteiger charge is 2.20. The lowest BCUT2D eigenvalue weighted by atomic mass is 10.0. The number of aromatic hydroxyl groups is 1. The molecule has 1 aromatic heterocycles. The minimum absolute atomic E-state index is 0.277. The summed E-state index contributed by atoms with van der Waals surface area (Å²) in [7, 11) is 1.90. The van der Waals surface area contributed by atoms with Gasteiger partial charge < -0.3 is 5.11 Å². The van der Waals surface area contributed by atoms with Gasteiger partial charge >= 0.3 is 0 Å². The van der Waals surface area contributed by atoms with E-state index in [1.165, 1.54) is 0 Å². The van der Waals surface area contributed by atoms with Gasteiger partial charge in [-0.05, 0) is 6.42 Å². The lowest BCUT2D eigenvalue weighted by Gasteiger charge is -2.09. The summed E-state index contributed by atoms with van der Waals surface area (Å²) < 4.78 is 1.80. The van der Waals surface area contributed by atoms with Crippen molar-refractivity contribution in [2.24, 2.45) is 7.05 Å². The first-order valence-electron chi connectivity index (χ1n) is 5.24. The van der Waals surface area contributed by atoms with Gasteiger partial charge in [0.2, 0.25) is 0 Å². The van der Waals surface area contributed by atoms with E-state index in [4.69, 9.17) is 0 Å². The van der Waals surface area contributed by atoms with Gasteiger partial charge in [-0.25, -0.2) is 0 Å². The van der Waals surface area contributed by atoms with Crippen LogP contribution in [-0.4, -0.2) is 14.9 Å². The largest absolute Gasteiger partial charge is 0.504 e. The van der Waals surface area contributed by atoms with Crippen LogP contribution in [-0.2, 0) is 7.05 Å². The zero-order valence-electron chi connectivity index (χ0n) is 9.70. The van der Waals surface area contributed by atoms with Crippen LogP contribution in [0.1, 0.15) is 57.3 Å². The Kier molecular flexibility index (Phi) is 3.19. The Labute approximate surface area is 85.8 Å². The monoisotopic (exact) mass is 196 g/mol. The number of aromatic nitrogens is 2. The maximum absolute atomic E-state index is 10.00. The molecule has 3 nitrogen and oxygen atoms in total. The Morgan fingerprint density at radius 2 is 1.93 bits per heavy atom. The summed E-state index contributed by atoms with van der Waals surface area (Å²) in [6.45, 7) is 8.32. The third-order valence-electron chi connectivity index (χ3n) is 2.72. The predicted octanol–water partition coefficient (Wildman–Crippen LogP) is 2.76. The van der Waals surface area contributed by atoms with Crippen LogP contribution in [0.3, 0.4) is 0 Å². The molecule has 3 heteroatoms. The van der Waals surface area contributed by atoms with Crippen molar-refractivity contribution in [3.8, 4) is 5.75 Å². The molecule has 0 amide bonds. The highest BCUT2D eigenvalue weighted by Crippen LogP contribution is 2.33. The zero-order chi connectivity index (χ0) is 10.9. The predicted molar refractivity (Wildman–Crippen MR) is 57.7 cm³/mol. The van der Waals surface area contributed by atoms with E-state index in [1.807, 2.05) is 20.9 Å². The smallest absolute Gasteiger partial charge is 0.160 e. The fraction of sp³-hybridized carbons (Fsp3) is 0.727. The van der Waals surface area contributed by atoms with E-state index in [9.17, 15) is 5.11 Å². The van der Waals surface area contributed by atoms with Crippen LogP contribution in [0.25, 0.3) is 0 Å². The third kappa shape index (κ3) is 1.76. The van der Waals surface area contributed by atoms with E-state index in [0.29, 0.717) is 11.7 Å². The molecule has 1 N–H and O–H groups in total. The van der Waals surface area contributed by atoms with Gasteiger partial charge in [0.05, 0.1) is 5.69 Å². The molecule has 0 aliphatic carbocycles. The minimum Gasteiger partial charge on any atom is -0.504 e. The van der Waals surface area contributed by atoms with E-state index in [0.717, 1.165) is 17.8 Å². The van der Waals surface area contributed by atoms with Gasteiger partial charge in [-0.3, -0.25) is 4.68 Å². The molecule has 0 radical (unpaired) electrons. The molecule has 0 saturated carbocycles. The van der Waals surface area contributed by atoms with Crippen molar-refractivity contribution < 1.29 is 5.11 Å². The van der Waals surface area contributed by atoms with Crippen LogP contribution < -0.4 is 0 Å². The molecule has 14 heavy (non-hydrogen) atoms. The number of hydrogen-bond donors (Lipinski definition) is 1. The quantitative estimate of drug-likeness (QED) is 0.807. The molecular formula is C11H20N2O. The fourth-order valence-electron chi connectivity index (χ4n) is 1.68. The minimum atomic E-state index is 0.277. The molecule has 80 valence electrons. The van der Waals surface area contributed by atoms with E-state index in [2.05, 4.69) is 18.9 Å². The molecule has 0 aromatic carbocycles. The molecule has 1 aromatic rings. The average molecular weight is 196 g/mol. The summed E-state index contributed by atoms with van der Waals surface area (Å²) in [5.41, 5.74) is 1.76. The zero-order valence-corrected chi connectivity index (χ0v) is 9.70. The SMILES string of the molecule is CCC(C)c1c(O)c(C(C)C)nn1C. The van der Waals surface area contributed by atoms with Crippen LogP contribution in [0.5, 0.6) is 5.75 Å². The van der Waals surface area contributed by atoms with E-state index < -0.39 is 0 Å². The number of rotatable bonds is 3. The second-order valence-electron chi connectivity index (χ2n) is 4.21. The first kappa shape index (κ1) is 11.1. The van der Waals surface area contributed by atoms with Crippen LogP contribution in [0.15, 0.2) is 0 Å². The molecule has 0 fully saturated rings. The molecule has 1 heterocycles. The maximum Gasteiger partial charge on any atom is 0.160 e. The molecule has 0 spiro atoms. The van der Waals surface area contributed by atoms with Gasteiger partial charge in [0.1, 0.15) is 5.69 Å². The van der Waals surface area contributed by atoms with E-state index in [1.54, 1.807) is 4.68 Å². The van der Waals surface area contributed by atoms with Crippen LogP contribution in [0, 0.1) is 0 Å². The average Bonchev–Trinajstić information content (AvgIpc) is 2.41. The van der Waals surface area contributed by atoms with Crippen molar-refractivity contribution >= 4 is 0 Å². The normalized spacial score (nSPS) is 13.6. The second kappa shape index (κ2) is 4.03. The molecule has 1 unspecified atom stereocenters. The Morgan fingerprint density at radius 1 is 1.36 bits per heavy atom. The van der Waals surface area contributed by atoms with Crippen molar-refractivity contribution in [2.45, 2.75) is 46.0 Å². The van der Waals surface area contributed by atoms with Crippen molar-refractivity contribution in [2.75, 3.05) is 0 Å². The van der Waals surface area contributed by atoms with Gasteiger partial charge in [0, 0.05) is 18.9 Å². The van der Waals surface area contributed by atoms with Gasteiger partial charge in [0.25, 0.3) is 0 Å². The third-order valence-corrected chi connectivity index (χ3v) is 2.72. The summed E-state index contributed by atoms with van der Waals surface area (Å²) in [6, 6.07) is 0. The molecule has 1 rings (SSSR count). The number of aryl methyl sites for hydroxylation is 1. The summed E-state index contributed by atoms with van der Waals surface area (Å²) in [6.07, 6.45) is 1.02. The fourth-order valence-corrected chi connectivity index (χ4v) is 1.68. The summed E-state index contributed by atoms with van der Waals surface area (Å²) in [4.78, 5) is 0. The van der Waals surface area contributed by atoms with Crippen LogP contribution in [0.2, 0.25) is 0 Å². The second-order valence-corrected chi connectivity index (χ2v) is 4.21. The Balaban J connectivity index is 3.17.